The molecule has 0 radical (unpaired) electrons. The van der Waals surface area contributed by atoms with Crippen LogP contribution in [0.3, 0.4) is 0 Å². The summed E-state index contributed by atoms with van der Waals surface area (Å²) < 4.78 is 13.8. The third-order valence-electron chi connectivity index (χ3n) is 3.53. The molecule has 1 rings (SSSR count). The maximum Gasteiger partial charge on any atom is 0.144 e. The predicted octanol–water partition coefficient (Wildman–Crippen LogP) is 0.230. The Bertz CT molecular complexity index is 273. The van der Waals surface area contributed by atoms with Crippen molar-refractivity contribution < 1.29 is 14.6 Å². The minimum atomic E-state index is -1.41. The molecule has 0 aromatic carbocycles. The second-order valence-electron chi connectivity index (χ2n) is 4.38. The Hall–Kier alpha value is -0.520. The van der Waals surface area contributed by atoms with Crippen LogP contribution in [0.15, 0.2) is 4.99 Å². The summed E-state index contributed by atoms with van der Waals surface area (Å²) in [6.45, 7) is 3.65. The van der Waals surface area contributed by atoms with Crippen LogP contribution in [0.25, 0.3) is 0 Å². The molecule has 0 aromatic heterocycles. The van der Waals surface area contributed by atoms with Crippen LogP contribution < -0.4 is 0 Å². The zero-order valence-corrected chi connectivity index (χ0v) is 10.3. The number of nitrogens with zero attached hydrogens (tertiary/aromatic N) is 2. The quantitative estimate of drug-likeness (QED) is 0.670. The van der Waals surface area contributed by atoms with E-state index in [1.807, 2.05) is 6.92 Å². The van der Waals surface area contributed by atoms with Gasteiger partial charge in [-0.15, -0.1) is 0 Å². The summed E-state index contributed by atoms with van der Waals surface area (Å²) in [6.07, 6.45) is -3.27. The van der Waals surface area contributed by atoms with Crippen LogP contribution in [0, 0.1) is 0 Å². The third-order valence-corrected chi connectivity index (χ3v) is 3.53. The van der Waals surface area contributed by atoms with Crippen LogP contribution in [0.1, 0.15) is 20.3 Å². The Kier molecular flexibility index (Phi) is 4.41. The number of likely N-dealkylation sites (N-methyl/N-ethyl adjacent to an activating group) is 1. The summed E-state index contributed by atoms with van der Waals surface area (Å²) in [5.74, 6) is 0. The number of hydrogen-bond acceptors (Lipinski definition) is 4. The van der Waals surface area contributed by atoms with E-state index in [-0.39, 0.29) is 6.04 Å². The Morgan fingerprint density at radius 1 is 1.38 bits per heavy atom. The number of likely N-dealkylation sites (tertiary alicyclic amines) is 1. The number of halogens is 1. The lowest BCUT2D eigenvalue weighted by Gasteiger charge is -2.46. The second-order valence-corrected chi connectivity index (χ2v) is 4.38. The Morgan fingerprint density at radius 3 is 2.38 bits per heavy atom. The molecule has 1 aliphatic heterocycles. The van der Waals surface area contributed by atoms with Gasteiger partial charge < -0.3 is 10.2 Å². The number of aliphatic hydroxyl groups is 2. The van der Waals surface area contributed by atoms with Crippen LogP contribution >= 0.6 is 0 Å². The van der Waals surface area contributed by atoms with E-state index >= 15 is 0 Å². The highest BCUT2D eigenvalue weighted by atomic mass is 19.1. The van der Waals surface area contributed by atoms with E-state index in [9.17, 15) is 14.6 Å². The van der Waals surface area contributed by atoms with Crippen molar-refractivity contribution in [1.82, 2.24) is 4.90 Å². The summed E-state index contributed by atoms with van der Waals surface area (Å²) >= 11 is 0. The highest BCUT2D eigenvalue weighted by molar-refractivity contribution is 5.88. The van der Waals surface area contributed by atoms with Crippen molar-refractivity contribution in [2.75, 3.05) is 14.1 Å². The molecule has 1 saturated heterocycles. The predicted molar refractivity (Wildman–Crippen MR) is 61.6 cm³/mol. The van der Waals surface area contributed by atoms with Crippen LogP contribution in [0.4, 0.5) is 4.39 Å². The lowest BCUT2D eigenvalue weighted by atomic mass is 9.86. The van der Waals surface area contributed by atoms with Gasteiger partial charge in [0, 0.05) is 18.8 Å². The first-order valence-corrected chi connectivity index (χ1v) is 5.61. The van der Waals surface area contributed by atoms with Crippen molar-refractivity contribution in [3.05, 3.63) is 0 Å². The number of piperidine rings is 1. The van der Waals surface area contributed by atoms with Gasteiger partial charge >= 0.3 is 0 Å². The minimum Gasteiger partial charge on any atom is -0.388 e. The fourth-order valence-electron chi connectivity index (χ4n) is 2.46. The molecule has 0 bridgehead atoms. The van der Waals surface area contributed by atoms with Gasteiger partial charge in [0.05, 0.1) is 6.04 Å². The maximum atomic E-state index is 13.8. The van der Waals surface area contributed by atoms with Gasteiger partial charge in [-0.25, -0.2) is 4.39 Å². The van der Waals surface area contributed by atoms with E-state index in [1.165, 1.54) is 0 Å². The van der Waals surface area contributed by atoms with Crippen LogP contribution in [-0.2, 0) is 0 Å². The lowest BCUT2D eigenvalue weighted by Crippen LogP contribution is -2.65. The standard InChI is InChI=1S/C11H21FN2O2/c1-5-7-8(12)10(15)11(16)9(14(7)4)6(2)13-3/h7-11,15-16H,5H2,1-4H3. The Balaban J connectivity index is 3.00. The van der Waals surface area contributed by atoms with E-state index in [4.69, 9.17) is 0 Å². The largest absolute Gasteiger partial charge is 0.388 e. The topological polar surface area (TPSA) is 56.1 Å². The molecule has 4 nitrogen and oxygen atoms in total. The summed E-state index contributed by atoms with van der Waals surface area (Å²) in [5.41, 5.74) is 0.708. The van der Waals surface area contributed by atoms with Gasteiger partial charge in [0.2, 0.25) is 0 Å². The van der Waals surface area contributed by atoms with Gasteiger partial charge in [-0.2, -0.15) is 0 Å². The summed E-state index contributed by atoms with van der Waals surface area (Å²) in [7, 11) is 3.39. The molecule has 5 atom stereocenters. The minimum absolute atomic E-state index is 0.375. The van der Waals surface area contributed by atoms with Gasteiger partial charge in [0.25, 0.3) is 0 Å². The monoisotopic (exact) mass is 232 g/mol. The number of rotatable bonds is 2. The van der Waals surface area contributed by atoms with Gasteiger partial charge in [-0.1, -0.05) is 6.92 Å². The Morgan fingerprint density at radius 2 is 1.94 bits per heavy atom. The van der Waals surface area contributed by atoms with Crippen molar-refractivity contribution in [3.63, 3.8) is 0 Å². The lowest BCUT2D eigenvalue weighted by molar-refractivity contribution is -0.118. The fourth-order valence-corrected chi connectivity index (χ4v) is 2.46. The molecule has 0 amide bonds. The fraction of sp³-hybridized carbons (Fsp3) is 0.909. The Labute approximate surface area is 95.8 Å². The van der Waals surface area contributed by atoms with E-state index in [1.54, 1.807) is 25.9 Å². The van der Waals surface area contributed by atoms with E-state index in [0.717, 1.165) is 0 Å². The first-order valence-electron chi connectivity index (χ1n) is 5.61. The van der Waals surface area contributed by atoms with Crippen molar-refractivity contribution in [3.8, 4) is 0 Å². The second kappa shape index (κ2) is 5.21. The molecule has 1 aliphatic rings. The van der Waals surface area contributed by atoms with Crippen molar-refractivity contribution in [2.24, 2.45) is 4.99 Å². The molecule has 0 spiro atoms. The van der Waals surface area contributed by atoms with Crippen LogP contribution in [-0.4, -0.2) is 65.4 Å². The molecule has 0 saturated carbocycles. The van der Waals surface area contributed by atoms with Crippen molar-refractivity contribution in [1.29, 1.82) is 0 Å². The zero-order chi connectivity index (χ0) is 12.5. The molecule has 2 N–H and O–H groups in total. The molecule has 5 unspecified atom stereocenters. The molecule has 0 aliphatic carbocycles. The zero-order valence-electron chi connectivity index (χ0n) is 10.3. The first kappa shape index (κ1) is 13.5. The van der Waals surface area contributed by atoms with Gasteiger partial charge in [-0.3, -0.25) is 9.89 Å². The molecule has 1 fully saturated rings. The average molecular weight is 232 g/mol. The van der Waals surface area contributed by atoms with Gasteiger partial charge in [0.15, 0.2) is 0 Å². The normalized spacial score (nSPS) is 42.4. The van der Waals surface area contributed by atoms with Crippen LogP contribution in [0.5, 0.6) is 0 Å². The highest BCUT2D eigenvalue weighted by Crippen LogP contribution is 2.27. The smallest absolute Gasteiger partial charge is 0.144 e. The van der Waals surface area contributed by atoms with E-state index in [2.05, 4.69) is 4.99 Å². The average Bonchev–Trinajstić information content (AvgIpc) is 2.27. The summed E-state index contributed by atoms with van der Waals surface area (Å²) in [6, 6.07) is -0.781. The molecular weight excluding hydrogens is 211 g/mol. The maximum absolute atomic E-state index is 13.8. The van der Waals surface area contributed by atoms with Gasteiger partial charge in [0.1, 0.15) is 18.4 Å². The van der Waals surface area contributed by atoms with E-state index < -0.39 is 24.4 Å². The van der Waals surface area contributed by atoms with Crippen molar-refractivity contribution in [2.45, 2.75) is 50.7 Å². The summed E-state index contributed by atoms with van der Waals surface area (Å²) in [5, 5.41) is 19.6. The number of aliphatic hydroxyl groups excluding tert-OH is 2. The highest BCUT2D eigenvalue weighted by Gasteiger charge is 2.47. The SMILES string of the molecule is CCC1C(F)C(O)C(O)C(C(C)=NC)N1C. The van der Waals surface area contributed by atoms with Gasteiger partial charge in [-0.05, 0) is 20.4 Å². The van der Waals surface area contributed by atoms with E-state index in [0.29, 0.717) is 12.1 Å². The number of hydrogen-bond donors (Lipinski definition) is 2. The summed E-state index contributed by atoms with van der Waals surface area (Å²) in [4.78, 5) is 5.79. The molecular formula is C11H21FN2O2. The number of alkyl halides is 1. The molecule has 16 heavy (non-hydrogen) atoms. The first-order chi connectivity index (χ1) is 7.45. The molecule has 94 valence electrons. The molecule has 5 heteroatoms. The van der Waals surface area contributed by atoms with Crippen LogP contribution in [0.2, 0.25) is 0 Å². The number of aliphatic imine (C=N–C) groups is 1. The third kappa shape index (κ3) is 2.12. The molecule has 1 heterocycles. The van der Waals surface area contributed by atoms with Crippen molar-refractivity contribution >= 4 is 5.71 Å². The molecule has 0 aromatic rings.